The number of likely N-dealkylation sites (N-methyl/N-ethyl adjacent to an activating group) is 1. The fraction of sp³-hybridized carbons (Fsp3) is 0.471. The topological polar surface area (TPSA) is 94.0 Å². The van der Waals surface area contributed by atoms with Gasteiger partial charge in [0.25, 0.3) is 0 Å². The molecular formula is C17H22ClN3O4. The van der Waals surface area contributed by atoms with Crippen LogP contribution in [0.15, 0.2) is 30.6 Å². The Balaban J connectivity index is 0.000000242. The first kappa shape index (κ1) is 19.2. The van der Waals surface area contributed by atoms with Gasteiger partial charge in [0.2, 0.25) is 0 Å². The van der Waals surface area contributed by atoms with Crippen molar-refractivity contribution in [1.29, 1.82) is 0 Å². The molecule has 0 aromatic carbocycles. The van der Waals surface area contributed by atoms with Gasteiger partial charge in [0.05, 0.1) is 16.9 Å². The van der Waals surface area contributed by atoms with Crippen molar-refractivity contribution in [3.8, 4) is 0 Å². The smallest absolute Gasteiger partial charge is 0.328 e. The molecule has 2 N–H and O–H groups in total. The lowest BCUT2D eigenvalue weighted by molar-refractivity contribution is -0.134. The van der Waals surface area contributed by atoms with Crippen molar-refractivity contribution in [2.45, 2.75) is 31.3 Å². The molecule has 3 heterocycles. The van der Waals surface area contributed by atoms with Crippen LogP contribution in [0.2, 0.25) is 5.02 Å². The van der Waals surface area contributed by atoms with E-state index in [1.54, 1.807) is 6.20 Å². The molecular weight excluding hydrogens is 346 g/mol. The second-order valence-corrected chi connectivity index (χ2v) is 6.59. The van der Waals surface area contributed by atoms with E-state index in [-0.39, 0.29) is 0 Å². The predicted molar refractivity (Wildman–Crippen MR) is 95.1 cm³/mol. The number of carbonyl (C=O) groups is 2. The molecule has 2 aliphatic heterocycles. The SMILES string of the molecule is CN1C2CCC1CN(c1cncc(Cl)c1)CC2.O=C(O)/C=C/C(=O)O. The molecule has 2 saturated heterocycles. The molecule has 0 spiro atoms. The molecule has 1 aromatic heterocycles. The quantitative estimate of drug-likeness (QED) is 0.790. The zero-order valence-corrected chi connectivity index (χ0v) is 14.8. The number of carboxylic acid groups (broad SMARTS) is 2. The maximum absolute atomic E-state index is 9.55. The van der Waals surface area contributed by atoms with E-state index in [2.05, 4.69) is 21.8 Å². The first-order chi connectivity index (χ1) is 11.9. The third-order valence-corrected chi connectivity index (χ3v) is 4.78. The first-order valence-corrected chi connectivity index (χ1v) is 8.46. The largest absolute Gasteiger partial charge is 0.478 e. The van der Waals surface area contributed by atoms with Gasteiger partial charge in [-0.05, 0) is 32.4 Å². The second-order valence-electron chi connectivity index (χ2n) is 6.16. The van der Waals surface area contributed by atoms with Crippen molar-refractivity contribution in [2.24, 2.45) is 0 Å². The summed E-state index contributed by atoms with van der Waals surface area (Å²) in [5.41, 5.74) is 1.17. The molecule has 3 rings (SSSR count). The Morgan fingerprint density at radius 2 is 1.80 bits per heavy atom. The van der Waals surface area contributed by atoms with Crippen LogP contribution in [0, 0.1) is 0 Å². The summed E-state index contributed by atoms with van der Waals surface area (Å²) in [4.78, 5) is 28.3. The number of rotatable bonds is 3. The van der Waals surface area contributed by atoms with Crippen molar-refractivity contribution < 1.29 is 19.8 Å². The summed E-state index contributed by atoms with van der Waals surface area (Å²) in [5, 5.41) is 16.4. The number of anilines is 1. The normalized spacial score (nSPS) is 23.0. The van der Waals surface area contributed by atoms with Gasteiger partial charge in [0.15, 0.2) is 0 Å². The number of carboxylic acids is 2. The second kappa shape index (κ2) is 8.82. The zero-order chi connectivity index (χ0) is 18.4. The summed E-state index contributed by atoms with van der Waals surface area (Å²) in [6.07, 6.45) is 8.67. The van der Waals surface area contributed by atoms with Gasteiger partial charge >= 0.3 is 11.9 Å². The van der Waals surface area contributed by atoms with Gasteiger partial charge in [-0.3, -0.25) is 9.88 Å². The van der Waals surface area contributed by atoms with Crippen LogP contribution in [0.4, 0.5) is 5.69 Å². The molecule has 0 saturated carbocycles. The van der Waals surface area contributed by atoms with Crippen molar-refractivity contribution in [2.75, 3.05) is 25.0 Å². The van der Waals surface area contributed by atoms with Crippen LogP contribution in [0.3, 0.4) is 0 Å². The lowest BCUT2D eigenvalue weighted by atomic mass is 10.1. The van der Waals surface area contributed by atoms with Crippen molar-refractivity contribution in [3.05, 3.63) is 35.6 Å². The molecule has 136 valence electrons. The first-order valence-electron chi connectivity index (χ1n) is 8.08. The highest BCUT2D eigenvalue weighted by molar-refractivity contribution is 6.30. The average Bonchev–Trinajstić information content (AvgIpc) is 2.78. The zero-order valence-electron chi connectivity index (χ0n) is 14.0. The Kier molecular flexibility index (Phi) is 6.78. The van der Waals surface area contributed by atoms with Crippen LogP contribution in [0.25, 0.3) is 0 Å². The van der Waals surface area contributed by atoms with Gasteiger partial charge in [-0.2, -0.15) is 0 Å². The number of pyridine rings is 1. The van der Waals surface area contributed by atoms with Crippen LogP contribution in [-0.4, -0.2) is 64.3 Å². The van der Waals surface area contributed by atoms with E-state index in [1.807, 2.05) is 12.3 Å². The molecule has 2 bridgehead atoms. The Hall–Kier alpha value is -2.12. The summed E-state index contributed by atoms with van der Waals surface area (Å²) in [6, 6.07) is 3.49. The van der Waals surface area contributed by atoms with E-state index in [0.29, 0.717) is 18.2 Å². The fourth-order valence-electron chi connectivity index (χ4n) is 3.26. The van der Waals surface area contributed by atoms with E-state index in [1.165, 1.54) is 24.9 Å². The number of hydrogen-bond acceptors (Lipinski definition) is 5. The molecule has 8 heteroatoms. The van der Waals surface area contributed by atoms with Crippen molar-refractivity contribution in [3.63, 3.8) is 0 Å². The van der Waals surface area contributed by atoms with Crippen LogP contribution < -0.4 is 4.90 Å². The van der Waals surface area contributed by atoms with E-state index < -0.39 is 11.9 Å². The molecule has 0 amide bonds. The molecule has 7 nitrogen and oxygen atoms in total. The number of fused-ring (bicyclic) bond motifs is 2. The number of hydrogen-bond donors (Lipinski definition) is 2. The molecule has 1 aromatic rings. The highest BCUT2D eigenvalue weighted by Gasteiger charge is 2.34. The standard InChI is InChI=1S/C13H18ClN3.C4H4O4/c1-16-11-2-3-12(16)9-17(5-4-11)13-6-10(14)7-15-8-13;5-3(6)1-2-4(7)8/h6-8,11-12H,2-5,9H2,1H3;1-2H,(H,5,6)(H,7,8)/b;2-1+. The van der Waals surface area contributed by atoms with E-state index in [4.69, 9.17) is 21.8 Å². The monoisotopic (exact) mass is 367 g/mol. The summed E-state index contributed by atoms with van der Waals surface area (Å²) in [6.45, 7) is 2.22. The molecule has 2 aliphatic rings. The third kappa shape index (κ3) is 5.72. The summed E-state index contributed by atoms with van der Waals surface area (Å²) in [5.74, 6) is -2.51. The maximum Gasteiger partial charge on any atom is 0.328 e. The summed E-state index contributed by atoms with van der Waals surface area (Å²) in [7, 11) is 2.27. The molecule has 2 fully saturated rings. The van der Waals surface area contributed by atoms with Crippen molar-refractivity contribution >= 4 is 29.2 Å². The fourth-order valence-corrected chi connectivity index (χ4v) is 3.43. The van der Waals surface area contributed by atoms with Crippen LogP contribution in [-0.2, 0) is 9.59 Å². The minimum Gasteiger partial charge on any atom is -0.478 e. The Bertz CT molecular complexity index is 637. The van der Waals surface area contributed by atoms with Crippen LogP contribution >= 0.6 is 11.6 Å². The highest BCUT2D eigenvalue weighted by Crippen LogP contribution is 2.30. The highest BCUT2D eigenvalue weighted by atomic mass is 35.5. The summed E-state index contributed by atoms with van der Waals surface area (Å²) >= 11 is 6.01. The van der Waals surface area contributed by atoms with Gasteiger partial charge in [0, 0.05) is 43.5 Å². The van der Waals surface area contributed by atoms with Gasteiger partial charge in [-0.15, -0.1) is 0 Å². The predicted octanol–water partition coefficient (Wildman–Crippen LogP) is 2.12. The number of nitrogens with zero attached hydrogens (tertiary/aromatic N) is 3. The van der Waals surface area contributed by atoms with Crippen LogP contribution in [0.1, 0.15) is 19.3 Å². The molecule has 2 atom stereocenters. The maximum atomic E-state index is 9.55. The van der Waals surface area contributed by atoms with E-state index >= 15 is 0 Å². The Morgan fingerprint density at radius 3 is 2.40 bits per heavy atom. The van der Waals surface area contributed by atoms with E-state index in [0.717, 1.165) is 24.2 Å². The van der Waals surface area contributed by atoms with E-state index in [9.17, 15) is 9.59 Å². The Labute approximate surface area is 151 Å². The molecule has 0 aliphatic carbocycles. The lowest BCUT2D eigenvalue weighted by Gasteiger charge is -2.27. The molecule has 2 unspecified atom stereocenters. The van der Waals surface area contributed by atoms with Crippen LogP contribution in [0.5, 0.6) is 0 Å². The third-order valence-electron chi connectivity index (χ3n) is 4.57. The van der Waals surface area contributed by atoms with Crippen molar-refractivity contribution in [1.82, 2.24) is 9.88 Å². The minimum atomic E-state index is -1.26. The Morgan fingerprint density at radius 1 is 1.16 bits per heavy atom. The lowest BCUT2D eigenvalue weighted by Crippen LogP contribution is -2.36. The van der Waals surface area contributed by atoms with Gasteiger partial charge in [-0.25, -0.2) is 9.59 Å². The number of aromatic nitrogens is 1. The van der Waals surface area contributed by atoms with Gasteiger partial charge in [0.1, 0.15) is 0 Å². The molecule has 25 heavy (non-hydrogen) atoms. The average molecular weight is 368 g/mol. The number of halogens is 1. The molecule has 0 radical (unpaired) electrons. The van der Waals surface area contributed by atoms with Gasteiger partial charge < -0.3 is 15.1 Å². The van der Waals surface area contributed by atoms with Gasteiger partial charge in [-0.1, -0.05) is 11.6 Å². The number of aliphatic carboxylic acids is 2. The summed E-state index contributed by atoms with van der Waals surface area (Å²) < 4.78 is 0. The minimum absolute atomic E-state index is 0.558.